The monoisotopic (exact) mass is 253 g/mol. The minimum atomic E-state index is 0.130. The number of aromatic nitrogens is 1. The Bertz CT molecular complexity index is 607. The number of hydrogen-bond donors (Lipinski definition) is 2. The van der Waals surface area contributed by atoms with Gasteiger partial charge in [-0.15, -0.1) is 0 Å². The van der Waals surface area contributed by atoms with Gasteiger partial charge in [0, 0.05) is 42.5 Å². The fraction of sp³-hybridized carbons (Fsp3) is 0.200. The van der Waals surface area contributed by atoms with Crippen LogP contribution < -0.4 is 11.1 Å². The van der Waals surface area contributed by atoms with Gasteiger partial charge >= 0.3 is 0 Å². The maximum atomic E-state index is 11.2. The van der Waals surface area contributed by atoms with Gasteiger partial charge in [0.25, 0.3) is 0 Å². The summed E-state index contributed by atoms with van der Waals surface area (Å²) in [6.45, 7) is 0.729. The summed E-state index contributed by atoms with van der Waals surface area (Å²) in [5, 5.41) is 2.85. The smallest absolute Gasteiger partial charge is 0.220 e. The number of carbonyl (C=O) groups is 1. The Balaban J connectivity index is 1.87. The van der Waals surface area contributed by atoms with Crippen molar-refractivity contribution in [2.24, 2.45) is 0 Å². The maximum absolute atomic E-state index is 11.2. The molecule has 4 nitrogen and oxygen atoms in total. The van der Waals surface area contributed by atoms with Crippen LogP contribution in [0.25, 0.3) is 11.1 Å². The standard InChI is InChI=1S/C15H15N3O/c16-14-5-6-17-9-13(14)11-3-1-10(2-4-11)12-7-15(19)18-8-12/h1-6,9,12H,7-8H2,(H2,16,17)(H,18,19). The lowest BCUT2D eigenvalue weighted by Gasteiger charge is -2.09. The molecule has 1 aliphatic heterocycles. The molecule has 2 aromatic rings. The predicted octanol–water partition coefficient (Wildman–Crippen LogP) is 1.93. The largest absolute Gasteiger partial charge is 0.398 e. The summed E-state index contributed by atoms with van der Waals surface area (Å²) in [5.74, 6) is 0.415. The normalized spacial score (nSPS) is 18.3. The van der Waals surface area contributed by atoms with Crippen LogP contribution in [0.4, 0.5) is 5.69 Å². The molecular formula is C15H15N3O. The summed E-state index contributed by atoms with van der Waals surface area (Å²) >= 11 is 0. The summed E-state index contributed by atoms with van der Waals surface area (Å²) < 4.78 is 0. The lowest BCUT2D eigenvalue weighted by Crippen LogP contribution is -2.13. The van der Waals surface area contributed by atoms with E-state index in [1.807, 2.05) is 12.1 Å². The van der Waals surface area contributed by atoms with Gasteiger partial charge < -0.3 is 11.1 Å². The Morgan fingerprint density at radius 2 is 2.00 bits per heavy atom. The van der Waals surface area contributed by atoms with Crippen molar-refractivity contribution in [2.45, 2.75) is 12.3 Å². The zero-order valence-electron chi connectivity index (χ0n) is 10.5. The van der Waals surface area contributed by atoms with Crippen molar-refractivity contribution in [1.82, 2.24) is 10.3 Å². The number of anilines is 1. The number of amides is 1. The molecule has 1 saturated heterocycles. The van der Waals surface area contributed by atoms with Gasteiger partial charge in [0.15, 0.2) is 0 Å². The highest BCUT2D eigenvalue weighted by Crippen LogP contribution is 2.28. The fourth-order valence-electron chi connectivity index (χ4n) is 2.42. The van der Waals surface area contributed by atoms with Gasteiger partial charge in [-0.3, -0.25) is 9.78 Å². The summed E-state index contributed by atoms with van der Waals surface area (Å²) in [4.78, 5) is 15.3. The van der Waals surface area contributed by atoms with Crippen LogP contribution in [0.3, 0.4) is 0 Å². The lowest BCUT2D eigenvalue weighted by molar-refractivity contribution is -0.119. The molecule has 19 heavy (non-hydrogen) atoms. The van der Waals surface area contributed by atoms with Gasteiger partial charge in [-0.2, -0.15) is 0 Å². The van der Waals surface area contributed by atoms with Crippen LogP contribution >= 0.6 is 0 Å². The van der Waals surface area contributed by atoms with Crippen molar-refractivity contribution < 1.29 is 4.79 Å². The van der Waals surface area contributed by atoms with Crippen LogP contribution in [0.2, 0.25) is 0 Å². The fourth-order valence-corrected chi connectivity index (χ4v) is 2.42. The van der Waals surface area contributed by atoms with Crippen LogP contribution in [0.1, 0.15) is 17.9 Å². The Labute approximate surface area is 111 Å². The molecule has 96 valence electrons. The first kappa shape index (κ1) is 11.7. The Hall–Kier alpha value is -2.36. The van der Waals surface area contributed by atoms with E-state index in [-0.39, 0.29) is 11.8 Å². The molecule has 3 N–H and O–H groups in total. The molecule has 0 radical (unpaired) electrons. The minimum Gasteiger partial charge on any atom is -0.398 e. The van der Waals surface area contributed by atoms with Crippen LogP contribution in [0.5, 0.6) is 0 Å². The number of benzene rings is 1. The molecule has 3 rings (SSSR count). The molecule has 1 aromatic heterocycles. The molecule has 1 unspecified atom stereocenters. The van der Waals surface area contributed by atoms with Crippen molar-refractivity contribution in [3.8, 4) is 11.1 Å². The highest BCUT2D eigenvalue weighted by molar-refractivity contribution is 5.80. The number of nitrogens with two attached hydrogens (primary N) is 1. The lowest BCUT2D eigenvalue weighted by atomic mass is 9.95. The molecule has 0 bridgehead atoms. The minimum absolute atomic E-state index is 0.130. The molecule has 1 amide bonds. The first-order valence-corrected chi connectivity index (χ1v) is 6.30. The molecule has 1 aromatic carbocycles. The molecule has 1 atom stereocenters. The average molecular weight is 253 g/mol. The van der Waals surface area contributed by atoms with E-state index in [0.717, 1.165) is 23.4 Å². The number of hydrogen-bond acceptors (Lipinski definition) is 3. The second kappa shape index (κ2) is 4.72. The molecular weight excluding hydrogens is 238 g/mol. The zero-order valence-corrected chi connectivity index (χ0v) is 10.5. The van der Waals surface area contributed by atoms with Crippen LogP contribution in [0.15, 0.2) is 42.7 Å². The molecule has 0 spiro atoms. The predicted molar refractivity (Wildman–Crippen MR) is 74.5 cm³/mol. The van der Waals surface area contributed by atoms with E-state index in [1.165, 1.54) is 5.56 Å². The number of nitrogens with one attached hydrogen (secondary N) is 1. The van der Waals surface area contributed by atoms with Gasteiger partial charge in [0.1, 0.15) is 0 Å². The van der Waals surface area contributed by atoms with Crippen LogP contribution in [-0.4, -0.2) is 17.4 Å². The highest BCUT2D eigenvalue weighted by Gasteiger charge is 2.22. The third-order valence-electron chi connectivity index (χ3n) is 3.53. The molecule has 4 heteroatoms. The molecule has 0 saturated carbocycles. The summed E-state index contributed by atoms with van der Waals surface area (Å²) in [7, 11) is 0. The van der Waals surface area contributed by atoms with Crippen LogP contribution in [0, 0.1) is 0 Å². The third-order valence-corrected chi connectivity index (χ3v) is 3.53. The Morgan fingerprint density at radius 1 is 1.21 bits per heavy atom. The van der Waals surface area contributed by atoms with Crippen molar-refractivity contribution in [3.63, 3.8) is 0 Å². The van der Waals surface area contributed by atoms with E-state index in [0.29, 0.717) is 6.42 Å². The van der Waals surface area contributed by atoms with Gasteiger partial charge in [0.05, 0.1) is 0 Å². The quantitative estimate of drug-likeness (QED) is 0.859. The molecule has 1 aliphatic rings. The van der Waals surface area contributed by atoms with Crippen molar-refractivity contribution in [3.05, 3.63) is 48.3 Å². The van der Waals surface area contributed by atoms with E-state index in [9.17, 15) is 4.79 Å². The van der Waals surface area contributed by atoms with Crippen molar-refractivity contribution in [2.75, 3.05) is 12.3 Å². The van der Waals surface area contributed by atoms with Crippen molar-refractivity contribution in [1.29, 1.82) is 0 Å². The third kappa shape index (κ3) is 2.29. The van der Waals surface area contributed by atoms with E-state index in [2.05, 4.69) is 22.4 Å². The van der Waals surface area contributed by atoms with Gasteiger partial charge in [-0.25, -0.2) is 0 Å². The maximum Gasteiger partial charge on any atom is 0.220 e. The number of pyridine rings is 1. The van der Waals surface area contributed by atoms with E-state index >= 15 is 0 Å². The van der Waals surface area contributed by atoms with Gasteiger partial charge in [-0.05, 0) is 17.2 Å². The van der Waals surface area contributed by atoms with E-state index < -0.39 is 0 Å². The summed E-state index contributed by atoms with van der Waals surface area (Å²) in [6.07, 6.45) is 4.03. The Morgan fingerprint density at radius 3 is 2.63 bits per heavy atom. The first-order valence-electron chi connectivity index (χ1n) is 6.30. The second-order valence-electron chi connectivity index (χ2n) is 4.79. The number of carbonyl (C=O) groups excluding carboxylic acids is 1. The molecule has 1 fully saturated rings. The number of rotatable bonds is 2. The number of nitrogen functional groups attached to an aromatic ring is 1. The summed E-state index contributed by atoms with van der Waals surface area (Å²) in [5.41, 5.74) is 9.83. The van der Waals surface area contributed by atoms with Crippen LogP contribution in [-0.2, 0) is 4.79 Å². The molecule has 2 heterocycles. The van der Waals surface area contributed by atoms with Crippen molar-refractivity contribution >= 4 is 11.6 Å². The van der Waals surface area contributed by atoms with Gasteiger partial charge in [0.2, 0.25) is 5.91 Å². The Kier molecular flexibility index (Phi) is 2.91. The SMILES string of the molecule is Nc1ccncc1-c1ccc(C2CNC(=O)C2)cc1. The van der Waals surface area contributed by atoms with E-state index in [1.54, 1.807) is 18.5 Å². The topological polar surface area (TPSA) is 68.0 Å². The summed E-state index contributed by atoms with van der Waals surface area (Å²) in [6, 6.07) is 9.99. The first-order chi connectivity index (χ1) is 9.24. The highest BCUT2D eigenvalue weighted by atomic mass is 16.1. The average Bonchev–Trinajstić information content (AvgIpc) is 2.86. The zero-order chi connectivity index (χ0) is 13.2. The number of nitrogens with zero attached hydrogens (tertiary/aromatic N) is 1. The van der Waals surface area contributed by atoms with E-state index in [4.69, 9.17) is 5.73 Å². The molecule has 0 aliphatic carbocycles. The van der Waals surface area contributed by atoms with Gasteiger partial charge in [-0.1, -0.05) is 24.3 Å². The second-order valence-corrected chi connectivity index (χ2v) is 4.79.